The molecular weight excluding hydrogens is 368 g/mol. The highest BCUT2D eigenvalue weighted by Gasteiger charge is 2.20. The fourth-order valence-corrected chi connectivity index (χ4v) is 3.23. The molecule has 1 amide bonds. The van der Waals surface area contributed by atoms with Crippen LogP contribution in [0, 0.1) is 5.92 Å². The molecule has 0 bridgehead atoms. The molecular formula is C22H36N4O3. The summed E-state index contributed by atoms with van der Waals surface area (Å²) in [6.45, 7) is 8.18. The van der Waals surface area contributed by atoms with Crippen molar-refractivity contribution in [2.45, 2.75) is 59.1 Å². The van der Waals surface area contributed by atoms with Gasteiger partial charge in [0.25, 0.3) is 0 Å². The van der Waals surface area contributed by atoms with Gasteiger partial charge in [-0.15, -0.1) is 0 Å². The van der Waals surface area contributed by atoms with E-state index in [2.05, 4.69) is 16.0 Å². The van der Waals surface area contributed by atoms with Gasteiger partial charge in [0, 0.05) is 31.1 Å². The Hall–Kier alpha value is -2.44. The molecule has 0 heterocycles. The molecule has 0 unspecified atom stereocenters. The number of benzene rings is 1. The van der Waals surface area contributed by atoms with Crippen LogP contribution in [0.25, 0.3) is 0 Å². The quantitative estimate of drug-likeness (QED) is 0.317. The Morgan fingerprint density at radius 1 is 1.17 bits per heavy atom. The summed E-state index contributed by atoms with van der Waals surface area (Å²) in [6.07, 6.45) is 4.87. The molecule has 0 radical (unpaired) electrons. The number of guanidine groups is 1. The molecule has 162 valence electrons. The molecule has 1 saturated carbocycles. The molecule has 29 heavy (non-hydrogen) atoms. The lowest BCUT2D eigenvalue weighted by Gasteiger charge is -2.19. The van der Waals surface area contributed by atoms with Gasteiger partial charge in [-0.3, -0.25) is 4.79 Å². The van der Waals surface area contributed by atoms with Gasteiger partial charge in [-0.2, -0.15) is 0 Å². The Morgan fingerprint density at radius 3 is 2.55 bits per heavy atom. The molecule has 1 aliphatic rings. The van der Waals surface area contributed by atoms with Crippen LogP contribution in [0.1, 0.15) is 52.0 Å². The molecule has 1 aliphatic carbocycles. The van der Waals surface area contributed by atoms with E-state index in [9.17, 15) is 4.79 Å². The van der Waals surface area contributed by atoms with Crippen LogP contribution >= 0.6 is 0 Å². The minimum atomic E-state index is -0.0109. The minimum Gasteiger partial charge on any atom is -0.493 e. The summed E-state index contributed by atoms with van der Waals surface area (Å²) < 4.78 is 11.8. The number of hydrogen-bond donors (Lipinski definition) is 3. The standard InChI is InChI=1S/C22H36N4O3/c1-5-23-22(25-14-13-24-21(27)16(2)3)26-15-17-9-8-12-19(28-4)20(17)29-18-10-6-7-11-18/h8-9,12,16,18H,5-7,10-11,13-15H2,1-4H3,(H,24,27)(H2,23,25,26). The first-order chi connectivity index (χ1) is 14.0. The second kappa shape index (κ2) is 12.2. The predicted molar refractivity (Wildman–Crippen MR) is 117 cm³/mol. The third-order valence-electron chi connectivity index (χ3n) is 4.86. The summed E-state index contributed by atoms with van der Waals surface area (Å²) in [5, 5.41) is 9.39. The third-order valence-corrected chi connectivity index (χ3v) is 4.86. The number of aliphatic imine (C=N–C) groups is 1. The Balaban J connectivity index is 2.00. The molecule has 7 nitrogen and oxygen atoms in total. The number of carbonyl (C=O) groups is 1. The highest BCUT2D eigenvalue weighted by molar-refractivity contribution is 5.80. The molecule has 0 aromatic heterocycles. The van der Waals surface area contributed by atoms with Crippen molar-refractivity contribution in [3.05, 3.63) is 23.8 Å². The van der Waals surface area contributed by atoms with Crippen LogP contribution in [-0.4, -0.2) is 44.7 Å². The van der Waals surface area contributed by atoms with Crippen LogP contribution in [0.3, 0.4) is 0 Å². The van der Waals surface area contributed by atoms with Gasteiger partial charge in [-0.1, -0.05) is 26.0 Å². The van der Waals surface area contributed by atoms with Crippen LogP contribution in [0.5, 0.6) is 11.5 Å². The first-order valence-electron chi connectivity index (χ1n) is 10.7. The summed E-state index contributed by atoms with van der Waals surface area (Å²) >= 11 is 0. The lowest BCUT2D eigenvalue weighted by Crippen LogP contribution is -2.42. The molecule has 7 heteroatoms. The average Bonchev–Trinajstić information content (AvgIpc) is 3.22. The number of hydrogen-bond acceptors (Lipinski definition) is 4. The monoisotopic (exact) mass is 404 g/mol. The van der Waals surface area contributed by atoms with Gasteiger partial charge in [-0.25, -0.2) is 4.99 Å². The van der Waals surface area contributed by atoms with Gasteiger partial charge in [0.2, 0.25) is 5.91 Å². The molecule has 0 atom stereocenters. The van der Waals surface area contributed by atoms with E-state index in [1.165, 1.54) is 12.8 Å². The van der Waals surface area contributed by atoms with Crippen molar-refractivity contribution in [2.24, 2.45) is 10.9 Å². The van der Waals surface area contributed by atoms with Crippen molar-refractivity contribution in [3.63, 3.8) is 0 Å². The predicted octanol–water partition coefficient (Wildman–Crippen LogP) is 2.84. The van der Waals surface area contributed by atoms with Crippen LogP contribution < -0.4 is 25.4 Å². The molecule has 0 saturated heterocycles. The number of carbonyl (C=O) groups excluding carboxylic acids is 1. The van der Waals surface area contributed by atoms with Gasteiger partial charge in [0.05, 0.1) is 19.8 Å². The Kier molecular flexibility index (Phi) is 9.60. The molecule has 0 aliphatic heterocycles. The van der Waals surface area contributed by atoms with Gasteiger partial charge >= 0.3 is 0 Å². The van der Waals surface area contributed by atoms with E-state index >= 15 is 0 Å². The van der Waals surface area contributed by atoms with Crippen LogP contribution in [-0.2, 0) is 11.3 Å². The maximum Gasteiger partial charge on any atom is 0.222 e. The topological polar surface area (TPSA) is 84.0 Å². The average molecular weight is 405 g/mol. The zero-order valence-corrected chi connectivity index (χ0v) is 18.2. The van der Waals surface area contributed by atoms with Crippen molar-refractivity contribution in [1.82, 2.24) is 16.0 Å². The lowest BCUT2D eigenvalue weighted by molar-refractivity contribution is -0.123. The number of nitrogens with zero attached hydrogens (tertiary/aromatic N) is 1. The van der Waals surface area contributed by atoms with Crippen molar-refractivity contribution in [2.75, 3.05) is 26.7 Å². The first-order valence-corrected chi connectivity index (χ1v) is 10.7. The maximum absolute atomic E-state index is 11.7. The van der Waals surface area contributed by atoms with Crippen molar-refractivity contribution in [1.29, 1.82) is 0 Å². The zero-order valence-electron chi connectivity index (χ0n) is 18.2. The largest absolute Gasteiger partial charge is 0.493 e. The van der Waals surface area contributed by atoms with E-state index in [1.807, 2.05) is 39.0 Å². The molecule has 1 aromatic carbocycles. The van der Waals surface area contributed by atoms with Crippen molar-refractivity contribution < 1.29 is 14.3 Å². The van der Waals surface area contributed by atoms with E-state index in [1.54, 1.807) is 7.11 Å². The maximum atomic E-state index is 11.7. The Morgan fingerprint density at radius 2 is 1.90 bits per heavy atom. The summed E-state index contributed by atoms with van der Waals surface area (Å²) in [5.74, 6) is 2.30. The fourth-order valence-electron chi connectivity index (χ4n) is 3.23. The van der Waals surface area contributed by atoms with Gasteiger partial charge < -0.3 is 25.4 Å². The fraction of sp³-hybridized carbons (Fsp3) is 0.636. The summed E-state index contributed by atoms with van der Waals surface area (Å²) in [7, 11) is 1.67. The Bertz CT molecular complexity index is 670. The first kappa shape index (κ1) is 22.8. The summed E-state index contributed by atoms with van der Waals surface area (Å²) in [6, 6.07) is 5.92. The third kappa shape index (κ3) is 7.48. The van der Waals surface area contributed by atoms with Gasteiger partial charge in [0.15, 0.2) is 17.5 Å². The number of para-hydroxylation sites is 1. The second-order valence-corrected chi connectivity index (χ2v) is 7.54. The zero-order chi connectivity index (χ0) is 21.1. The van der Waals surface area contributed by atoms with Gasteiger partial charge in [0.1, 0.15) is 0 Å². The number of rotatable bonds is 10. The van der Waals surface area contributed by atoms with Crippen molar-refractivity contribution in [3.8, 4) is 11.5 Å². The van der Waals surface area contributed by atoms with Crippen molar-refractivity contribution >= 4 is 11.9 Å². The lowest BCUT2D eigenvalue weighted by atomic mass is 10.1. The number of methoxy groups -OCH3 is 1. The highest BCUT2D eigenvalue weighted by Crippen LogP contribution is 2.35. The smallest absolute Gasteiger partial charge is 0.222 e. The molecule has 1 fully saturated rings. The van der Waals surface area contributed by atoms with Crippen LogP contribution in [0.15, 0.2) is 23.2 Å². The van der Waals surface area contributed by atoms with E-state index in [-0.39, 0.29) is 17.9 Å². The summed E-state index contributed by atoms with van der Waals surface area (Å²) in [4.78, 5) is 16.3. The second-order valence-electron chi connectivity index (χ2n) is 7.54. The van der Waals surface area contributed by atoms with Crippen LogP contribution in [0.2, 0.25) is 0 Å². The number of amides is 1. The van der Waals surface area contributed by atoms with E-state index in [0.717, 1.165) is 36.4 Å². The molecule has 0 spiro atoms. The Labute approximate surface area is 174 Å². The number of ether oxygens (including phenoxy) is 2. The SMILES string of the molecule is CCNC(=NCc1cccc(OC)c1OC1CCCC1)NCCNC(=O)C(C)C. The van der Waals surface area contributed by atoms with Crippen LogP contribution in [0.4, 0.5) is 0 Å². The van der Waals surface area contributed by atoms with E-state index in [0.29, 0.717) is 25.6 Å². The van der Waals surface area contributed by atoms with E-state index < -0.39 is 0 Å². The van der Waals surface area contributed by atoms with Gasteiger partial charge in [-0.05, 0) is 38.7 Å². The highest BCUT2D eigenvalue weighted by atomic mass is 16.5. The molecule has 1 aromatic rings. The molecule has 3 N–H and O–H groups in total. The number of nitrogens with one attached hydrogen (secondary N) is 3. The summed E-state index contributed by atoms with van der Waals surface area (Å²) in [5.41, 5.74) is 1.00. The minimum absolute atomic E-state index is 0.0109. The normalized spacial score (nSPS) is 14.7. The van der Waals surface area contributed by atoms with E-state index in [4.69, 9.17) is 14.5 Å². The molecule has 2 rings (SSSR count).